The van der Waals surface area contributed by atoms with Gasteiger partial charge in [0.15, 0.2) is 0 Å². The number of carbonyl (C=O) groups is 2. The highest BCUT2D eigenvalue weighted by molar-refractivity contribution is 5.92. The number of benzene rings is 1. The quantitative estimate of drug-likeness (QED) is 0.647. The van der Waals surface area contributed by atoms with Gasteiger partial charge in [0, 0.05) is 5.56 Å². The van der Waals surface area contributed by atoms with Gasteiger partial charge in [0.2, 0.25) is 5.60 Å². The van der Waals surface area contributed by atoms with Gasteiger partial charge in [-0.3, -0.25) is 4.79 Å². The Labute approximate surface area is 116 Å². The van der Waals surface area contributed by atoms with E-state index in [2.05, 4.69) is 6.92 Å². The Morgan fingerprint density at radius 3 is 2.80 bits per heavy atom. The average molecular weight is 276 g/mol. The molecule has 0 saturated heterocycles. The lowest BCUT2D eigenvalue weighted by Crippen LogP contribution is -2.35. The van der Waals surface area contributed by atoms with Gasteiger partial charge in [-0.05, 0) is 30.2 Å². The zero-order valence-corrected chi connectivity index (χ0v) is 11.1. The van der Waals surface area contributed by atoms with Crippen LogP contribution in [0.2, 0.25) is 0 Å². The number of esters is 1. The Hall–Kier alpha value is -1.88. The second-order valence-electron chi connectivity index (χ2n) is 5.67. The lowest BCUT2D eigenvalue weighted by Gasteiger charge is -2.17. The minimum absolute atomic E-state index is 0.241. The molecule has 2 N–H and O–H groups in total. The van der Waals surface area contributed by atoms with E-state index in [4.69, 9.17) is 9.84 Å². The molecule has 2 unspecified atom stereocenters. The van der Waals surface area contributed by atoms with Crippen molar-refractivity contribution in [1.82, 2.24) is 0 Å². The lowest BCUT2D eigenvalue weighted by atomic mass is 9.87. The van der Waals surface area contributed by atoms with Gasteiger partial charge in [-0.2, -0.15) is 0 Å². The van der Waals surface area contributed by atoms with Gasteiger partial charge in [-0.25, -0.2) is 4.79 Å². The van der Waals surface area contributed by atoms with Gasteiger partial charge in [0.1, 0.15) is 5.75 Å². The fourth-order valence-corrected chi connectivity index (χ4v) is 2.88. The zero-order valence-electron chi connectivity index (χ0n) is 11.1. The number of fused-ring (bicyclic) bond motifs is 1. The summed E-state index contributed by atoms with van der Waals surface area (Å²) in [6.45, 7) is 2.07. The smallest absolute Gasteiger partial charge is 0.349 e. The Morgan fingerprint density at radius 2 is 2.20 bits per heavy atom. The Kier molecular flexibility index (Phi) is 2.83. The number of carboxylic acid groups (broad SMARTS) is 1. The molecule has 2 aliphatic rings. The fraction of sp³-hybridized carbons (Fsp3) is 0.467. The van der Waals surface area contributed by atoms with Gasteiger partial charge < -0.3 is 14.9 Å². The van der Waals surface area contributed by atoms with Gasteiger partial charge in [-0.1, -0.05) is 25.1 Å². The molecule has 1 aromatic rings. The largest absolute Gasteiger partial charge is 0.481 e. The second kappa shape index (κ2) is 4.31. The van der Waals surface area contributed by atoms with Crippen molar-refractivity contribution >= 4 is 11.9 Å². The van der Waals surface area contributed by atoms with E-state index in [-0.39, 0.29) is 11.5 Å². The predicted octanol–water partition coefficient (Wildman–Crippen LogP) is 1.78. The molecule has 0 aromatic heterocycles. The SMILES string of the molecule is CC(c1cccc2c1OC(=O)C2(O)CC(=O)O)C1CC1. The van der Waals surface area contributed by atoms with E-state index < -0.39 is 24.0 Å². The second-order valence-corrected chi connectivity index (χ2v) is 5.67. The number of rotatable bonds is 4. The number of carbonyl (C=O) groups excluding carboxylic acids is 1. The van der Waals surface area contributed by atoms with E-state index >= 15 is 0 Å². The number of aliphatic hydroxyl groups is 1. The highest BCUT2D eigenvalue weighted by Crippen LogP contribution is 2.49. The van der Waals surface area contributed by atoms with Crippen molar-refractivity contribution in [1.29, 1.82) is 0 Å². The third-order valence-corrected chi connectivity index (χ3v) is 4.25. The molecule has 1 aliphatic heterocycles. The van der Waals surface area contributed by atoms with Crippen LogP contribution in [0.4, 0.5) is 0 Å². The molecule has 1 aromatic carbocycles. The van der Waals surface area contributed by atoms with Crippen LogP contribution in [0.1, 0.15) is 43.2 Å². The van der Waals surface area contributed by atoms with Crippen molar-refractivity contribution in [3.63, 3.8) is 0 Å². The number of ether oxygens (including phenoxy) is 1. The van der Waals surface area contributed by atoms with Crippen LogP contribution in [0.25, 0.3) is 0 Å². The van der Waals surface area contributed by atoms with Crippen molar-refractivity contribution in [3.05, 3.63) is 29.3 Å². The van der Waals surface area contributed by atoms with E-state index in [0.717, 1.165) is 18.4 Å². The van der Waals surface area contributed by atoms with Crippen LogP contribution in [-0.2, 0) is 15.2 Å². The van der Waals surface area contributed by atoms with Crippen LogP contribution in [0.5, 0.6) is 5.75 Å². The molecule has 3 rings (SSSR count). The van der Waals surface area contributed by atoms with Crippen molar-refractivity contribution in [3.8, 4) is 5.75 Å². The summed E-state index contributed by atoms with van der Waals surface area (Å²) in [7, 11) is 0. The maximum Gasteiger partial charge on any atom is 0.349 e. The normalized spacial score (nSPS) is 26.0. The highest BCUT2D eigenvalue weighted by Gasteiger charge is 2.50. The minimum atomic E-state index is -2.07. The van der Waals surface area contributed by atoms with Gasteiger partial charge in [0.25, 0.3) is 0 Å². The van der Waals surface area contributed by atoms with Crippen LogP contribution in [0, 0.1) is 5.92 Å². The summed E-state index contributed by atoms with van der Waals surface area (Å²) in [5.41, 5.74) is -0.921. The Balaban J connectivity index is 2.05. The van der Waals surface area contributed by atoms with Crippen molar-refractivity contribution < 1.29 is 24.5 Å². The van der Waals surface area contributed by atoms with E-state index in [1.807, 2.05) is 6.07 Å². The molecule has 0 bridgehead atoms. The summed E-state index contributed by atoms with van der Waals surface area (Å²) < 4.78 is 5.20. The summed E-state index contributed by atoms with van der Waals surface area (Å²) in [6.07, 6.45) is 1.62. The van der Waals surface area contributed by atoms with Gasteiger partial charge in [-0.15, -0.1) is 0 Å². The molecule has 1 saturated carbocycles. The first-order chi connectivity index (χ1) is 9.43. The standard InChI is InChI=1S/C15H16O5/c1-8(9-5-6-9)10-3-2-4-11-13(10)20-14(18)15(11,19)7-12(16)17/h2-4,8-9,19H,5-7H2,1H3,(H,16,17). The lowest BCUT2D eigenvalue weighted by molar-refractivity contribution is -0.160. The van der Waals surface area contributed by atoms with E-state index in [0.29, 0.717) is 11.7 Å². The Bertz CT molecular complexity index is 590. The number of aliphatic carboxylic acids is 1. The molecular formula is C15H16O5. The molecule has 0 radical (unpaired) electrons. The average Bonchev–Trinajstić information content (AvgIpc) is 3.17. The molecule has 2 atom stereocenters. The summed E-state index contributed by atoms with van der Waals surface area (Å²) in [5.74, 6) is -0.970. The number of para-hydroxylation sites is 1. The van der Waals surface area contributed by atoms with Crippen molar-refractivity contribution in [2.75, 3.05) is 0 Å². The Morgan fingerprint density at radius 1 is 1.50 bits per heavy atom. The van der Waals surface area contributed by atoms with E-state index in [1.165, 1.54) is 0 Å². The van der Waals surface area contributed by atoms with Crippen LogP contribution in [0.3, 0.4) is 0 Å². The molecule has 1 fully saturated rings. The molecule has 0 spiro atoms. The summed E-state index contributed by atoms with van der Waals surface area (Å²) in [4.78, 5) is 22.8. The molecule has 5 heteroatoms. The molecule has 106 valence electrons. The van der Waals surface area contributed by atoms with Crippen molar-refractivity contribution in [2.45, 2.75) is 37.7 Å². The van der Waals surface area contributed by atoms with Crippen molar-refractivity contribution in [2.24, 2.45) is 5.92 Å². The highest BCUT2D eigenvalue weighted by atomic mass is 16.6. The van der Waals surface area contributed by atoms with Crippen LogP contribution < -0.4 is 4.74 Å². The van der Waals surface area contributed by atoms with Gasteiger partial charge in [0.05, 0.1) is 6.42 Å². The molecule has 5 nitrogen and oxygen atoms in total. The first-order valence-electron chi connectivity index (χ1n) is 6.73. The number of carboxylic acids is 1. The fourth-order valence-electron chi connectivity index (χ4n) is 2.88. The summed E-state index contributed by atoms with van der Waals surface area (Å²) in [5, 5.41) is 19.3. The first-order valence-corrected chi connectivity index (χ1v) is 6.73. The maximum absolute atomic E-state index is 11.9. The molecule has 0 amide bonds. The molecule has 20 heavy (non-hydrogen) atoms. The third-order valence-electron chi connectivity index (χ3n) is 4.25. The molecule has 1 heterocycles. The van der Waals surface area contributed by atoms with E-state index in [1.54, 1.807) is 12.1 Å². The molecular weight excluding hydrogens is 260 g/mol. The van der Waals surface area contributed by atoms with Crippen LogP contribution >= 0.6 is 0 Å². The number of hydrogen-bond acceptors (Lipinski definition) is 4. The van der Waals surface area contributed by atoms with Gasteiger partial charge >= 0.3 is 11.9 Å². The van der Waals surface area contributed by atoms with E-state index in [9.17, 15) is 14.7 Å². The third kappa shape index (κ3) is 1.89. The number of hydrogen-bond donors (Lipinski definition) is 2. The summed E-state index contributed by atoms with van der Waals surface area (Å²) in [6, 6.07) is 5.18. The zero-order chi connectivity index (χ0) is 14.5. The first kappa shape index (κ1) is 13.1. The molecule has 1 aliphatic carbocycles. The summed E-state index contributed by atoms with van der Waals surface area (Å²) >= 11 is 0. The topological polar surface area (TPSA) is 83.8 Å². The van der Waals surface area contributed by atoms with Crippen LogP contribution in [-0.4, -0.2) is 22.2 Å². The monoisotopic (exact) mass is 276 g/mol. The maximum atomic E-state index is 11.9. The predicted molar refractivity (Wildman–Crippen MR) is 69.4 cm³/mol. The minimum Gasteiger partial charge on any atom is -0.481 e. The van der Waals surface area contributed by atoms with Crippen LogP contribution in [0.15, 0.2) is 18.2 Å².